The fourth-order valence-electron chi connectivity index (χ4n) is 3.98. The second-order valence-electron chi connectivity index (χ2n) is 7.52. The van der Waals surface area contributed by atoms with Crippen LogP contribution in [0.5, 0.6) is 11.5 Å². The second-order valence-corrected chi connectivity index (χ2v) is 7.52. The molecule has 1 saturated carbocycles. The summed E-state index contributed by atoms with van der Waals surface area (Å²) in [5, 5.41) is 5.51. The van der Waals surface area contributed by atoms with Gasteiger partial charge in [-0.15, -0.1) is 0 Å². The first-order valence-electron chi connectivity index (χ1n) is 10.3. The Morgan fingerprint density at radius 2 is 1.93 bits per heavy atom. The first kappa shape index (κ1) is 21.0. The van der Waals surface area contributed by atoms with Gasteiger partial charge in [-0.2, -0.15) is 0 Å². The predicted molar refractivity (Wildman–Crippen MR) is 109 cm³/mol. The summed E-state index contributed by atoms with van der Waals surface area (Å²) in [5.41, 5.74) is 1.64. The minimum Gasteiger partial charge on any atom is -0.493 e. The Morgan fingerprint density at radius 3 is 2.62 bits per heavy atom. The molecule has 1 unspecified atom stereocenters. The number of methoxy groups -OCH3 is 1. The van der Waals surface area contributed by atoms with Crippen molar-refractivity contribution in [3.8, 4) is 11.5 Å². The number of carbonyl (C=O) groups is 2. The summed E-state index contributed by atoms with van der Waals surface area (Å²) in [5.74, 6) is 1.17. The highest BCUT2D eigenvalue weighted by Gasteiger charge is 2.33. The molecule has 1 heterocycles. The zero-order valence-corrected chi connectivity index (χ0v) is 17.4. The minimum atomic E-state index is -0.618. The van der Waals surface area contributed by atoms with Crippen molar-refractivity contribution in [2.24, 2.45) is 5.92 Å². The SMILES string of the molecule is CCOc1ccc(C2NC(=O)NC(C)=C2C(=O)OCC2CCCCC2)cc1OC. The zero-order valence-electron chi connectivity index (χ0n) is 17.4. The molecular formula is C22H30N2O5. The molecule has 0 radical (unpaired) electrons. The van der Waals surface area contributed by atoms with E-state index < -0.39 is 12.0 Å². The number of allylic oxidation sites excluding steroid dienone is 1. The summed E-state index contributed by atoms with van der Waals surface area (Å²) in [6.07, 6.45) is 5.83. The van der Waals surface area contributed by atoms with E-state index in [1.54, 1.807) is 26.2 Å². The van der Waals surface area contributed by atoms with Gasteiger partial charge < -0.3 is 24.8 Å². The summed E-state index contributed by atoms with van der Waals surface area (Å²) in [6.45, 7) is 4.54. The van der Waals surface area contributed by atoms with Crippen LogP contribution in [0.1, 0.15) is 57.6 Å². The Kier molecular flexibility index (Phi) is 7.01. The van der Waals surface area contributed by atoms with Crippen molar-refractivity contribution in [2.75, 3.05) is 20.3 Å². The molecule has 1 fully saturated rings. The number of esters is 1. The summed E-state index contributed by atoms with van der Waals surface area (Å²) in [4.78, 5) is 25.0. The second kappa shape index (κ2) is 9.67. The number of hydrogen-bond donors (Lipinski definition) is 2. The van der Waals surface area contributed by atoms with E-state index >= 15 is 0 Å². The van der Waals surface area contributed by atoms with Gasteiger partial charge in [-0.1, -0.05) is 25.3 Å². The van der Waals surface area contributed by atoms with E-state index in [-0.39, 0.29) is 6.03 Å². The van der Waals surface area contributed by atoms with E-state index in [1.165, 1.54) is 19.3 Å². The maximum absolute atomic E-state index is 12.9. The molecule has 1 aromatic carbocycles. The van der Waals surface area contributed by atoms with E-state index in [1.807, 2.05) is 13.0 Å². The molecule has 2 N–H and O–H groups in total. The topological polar surface area (TPSA) is 85.9 Å². The van der Waals surface area contributed by atoms with Crippen molar-refractivity contribution in [1.82, 2.24) is 10.6 Å². The van der Waals surface area contributed by atoms with E-state index in [4.69, 9.17) is 14.2 Å². The smallest absolute Gasteiger partial charge is 0.338 e. The fourth-order valence-corrected chi connectivity index (χ4v) is 3.98. The zero-order chi connectivity index (χ0) is 20.8. The van der Waals surface area contributed by atoms with Gasteiger partial charge >= 0.3 is 12.0 Å². The number of hydrogen-bond acceptors (Lipinski definition) is 5. The predicted octanol–water partition coefficient (Wildman–Crippen LogP) is 3.85. The molecule has 0 aromatic heterocycles. The molecule has 1 aliphatic carbocycles. The van der Waals surface area contributed by atoms with Crippen LogP contribution in [0.2, 0.25) is 0 Å². The van der Waals surface area contributed by atoms with Crippen LogP contribution in [0.25, 0.3) is 0 Å². The third-order valence-corrected chi connectivity index (χ3v) is 5.48. The van der Waals surface area contributed by atoms with E-state index in [0.717, 1.165) is 18.4 Å². The Bertz CT molecular complexity index is 783. The minimum absolute atomic E-state index is 0.357. The molecule has 1 aromatic rings. The lowest BCUT2D eigenvalue weighted by Crippen LogP contribution is -2.45. The van der Waals surface area contributed by atoms with Gasteiger partial charge in [-0.3, -0.25) is 0 Å². The van der Waals surface area contributed by atoms with Crippen LogP contribution in [0.15, 0.2) is 29.5 Å². The van der Waals surface area contributed by atoms with Crippen LogP contribution in [0.4, 0.5) is 4.79 Å². The number of rotatable bonds is 7. The maximum atomic E-state index is 12.9. The molecular weight excluding hydrogens is 372 g/mol. The molecule has 0 saturated heterocycles. The van der Waals surface area contributed by atoms with Crippen molar-refractivity contribution < 1.29 is 23.8 Å². The lowest BCUT2D eigenvalue weighted by Gasteiger charge is -2.29. The molecule has 29 heavy (non-hydrogen) atoms. The van der Waals surface area contributed by atoms with E-state index in [9.17, 15) is 9.59 Å². The summed E-state index contributed by atoms with van der Waals surface area (Å²) >= 11 is 0. The average molecular weight is 402 g/mol. The third kappa shape index (κ3) is 5.02. The Labute approximate surface area is 171 Å². The number of ether oxygens (including phenoxy) is 3. The number of benzene rings is 1. The number of urea groups is 1. The van der Waals surface area contributed by atoms with Crippen LogP contribution >= 0.6 is 0 Å². The summed E-state index contributed by atoms with van der Waals surface area (Å²) in [6, 6.07) is 4.41. The average Bonchev–Trinajstić information content (AvgIpc) is 2.72. The van der Waals surface area contributed by atoms with Gasteiger partial charge in [-0.05, 0) is 50.3 Å². The Morgan fingerprint density at radius 1 is 1.17 bits per heavy atom. The normalized spacial score (nSPS) is 20.0. The largest absolute Gasteiger partial charge is 0.493 e. The van der Waals surface area contributed by atoms with Crippen LogP contribution in [-0.4, -0.2) is 32.3 Å². The first-order chi connectivity index (χ1) is 14.0. The lowest BCUT2D eigenvalue weighted by atomic mass is 9.90. The molecule has 0 spiro atoms. The number of amides is 2. The molecule has 1 atom stereocenters. The molecule has 2 amide bonds. The number of nitrogens with one attached hydrogen (secondary N) is 2. The van der Waals surface area contributed by atoms with Crippen molar-refractivity contribution in [3.05, 3.63) is 35.0 Å². The standard InChI is InChI=1S/C22H30N2O5/c1-4-28-17-11-10-16(12-18(17)27-3)20-19(14(2)23-22(26)24-20)21(25)29-13-15-8-6-5-7-9-15/h10-12,15,20H,4-9,13H2,1-3H3,(H2,23,24,26). The monoisotopic (exact) mass is 402 g/mol. The third-order valence-electron chi connectivity index (χ3n) is 5.48. The van der Waals surface area contributed by atoms with Crippen LogP contribution in [0.3, 0.4) is 0 Å². The van der Waals surface area contributed by atoms with Gasteiger partial charge in [0.05, 0.1) is 31.9 Å². The van der Waals surface area contributed by atoms with E-state index in [0.29, 0.717) is 41.9 Å². The van der Waals surface area contributed by atoms with Crippen molar-refractivity contribution in [1.29, 1.82) is 0 Å². The van der Waals surface area contributed by atoms with Crippen molar-refractivity contribution in [2.45, 2.75) is 52.0 Å². The van der Waals surface area contributed by atoms with Crippen LogP contribution in [0, 0.1) is 5.92 Å². The van der Waals surface area contributed by atoms with Gasteiger partial charge in [0.1, 0.15) is 0 Å². The molecule has 3 rings (SSSR count). The first-order valence-corrected chi connectivity index (χ1v) is 10.3. The van der Waals surface area contributed by atoms with Gasteiger partial charge in [0.2, 0.25) is 0 Å². The summed E-state index contributed by atoms with van der Waals surface area (Å²) in [7, 11) is 1.56. The Hall–Kier alpha value is -2.70. The highest BCUT2D eigenvalue weighted by molar-refractivity contribution is 5.95. The van der Waals surface area contributed by atoms with Crippen LogP contribution < -0.4 is 20.1 Å². The Balaban J connectivity index is 1.82. The highest BCUT2D eigenvalue weighted by Crippen LogP contribution is 2.35. The molecule has 0 bridgehead atoms. The van der Waals surface area contributed by atoms with Crippen molar-refractivity contribution >= 4 is 12.0 Å². The van der Waals surface area contributed by atoms with Gasteiger partial charge in [-0.25, -0.2) is 9.59 Å². The molecule has 7 nitrogen and oxygen atoms in total. The molecule has 158 valence electrons. The number of carbonyl (C=O) groups excluding carboxylic acids is 2. The maximum Gasteiger partial charge on any atom is 0.338 e. The van der Waals surface area contributed by atoms with Crippen molar-refractivity contribution in [3.63, 3.8) is 0 Å². The van der Waals surface area contributed by atoms with Crippen LogP contribution in [-0.2, 0) is 9.53 Å². The highest BCUT2D eigenvalue weighted by atomic mass is 16.5. The quantitative estimate of drug-likeness (QED) is 0.677. The van der Waals surface area contributed by atoms with Gasteiger partial charge in [0.15, 0.2) is 11.5 Å². The fraction of sp³-hybridized carbons (Fsp3) is 0.545. The van der Waals surface area contributed by atoms with E-state index in [2.05, 4.69) is 10.6 Å². The lowest BCUT2D eigenvalue weighted by molar-refractivity contribution is -0.141. The van der Waals surface area contributed by atoms with Gasteiger partial charge in [0, 0.05) is 5.70 Å². The molecule has 1 aliphatic heterocycles. The molecule has 2 aliphatic rings. The summed E-state index contributed by atoms with van der Waals surface area (Å²) < 4.78 is 16.6. The van der Waals surface area contributed by atoms with Gasteiger partial charge in [0.25, 0.3) is 0 Å². The molecule has 7 heteroatoms.